The van der Waals surface area contributed by atoms with Gasteiger partial charge >= 0.3 is 0 Å². The molecular formula is C18H26ClN3O2. The molecule has 2 fully saturated rings. The van der Waals surface area contributed by atoms with Gasteiger partial charge in [-0.1, -0.05) is 12.1 Å². The van der Waals surface area contributed by atoms with Gasteiger partial charge < -0.3 is 15.1 Å². The molecule has 2 atom stereocenters. The molecule has 0 spiro atoms. The van der Waals surface area contributed by atoms with E-state index in [9.17, 15) is 9.59 Å². The lowest BCUT2D eigenvalue weighted by Crippen LogP contribution is -2.54. The molecule has 5 nitrogen and oxygen atoms in total. The number of hydrogen-bond acceptors (Lipinski definition) is 3. The zero-order chi connectivity index (χ0) is 16.6. The van der Waals surface area contributed by atoms with Gasteiger partial charge in [0.05, 0.1) is 5.92 Å². The van der Waals surface area contributed by atoms with Crippen molar-refractivity contribution in [3.63, 3.8) is 0 Å². The topological polar surface area (TPSA) is 52.7 Å². The van der Waals surface area contributed by atoms with Gasteiger partial charge in [0.2, 0.25) is 11.8 Å². The Hall–Kier alpha value is -1.59. The van der Waals surface area contributed by atoms with Crippen molar-refractivity contribution in [2.75, 3.05) is 31.1 Å². The molecular weight excluding hydrogens is 326 g/mol. The van der Waals surface area contributed by atoms with Gasteiger partial charge in [-0.05, 0) is 38.0 Å². The first-order valence-corrected chi connectivity index (χ1v) is 8.37. The summed E-state index contributed by atoms with van der Waals surface area (Å²) in [5, 5.41) is 3.30. The van der Waals surface area contributed by atoms with E-state index in [2.05, 4.69) is 12.2 Å². The maximum absolute atomic E-state index is 12.8. The average molecular weight is 352 g/mol. The highest BCUT2D eigenvalue weighted by atomic mass is 35.5. The fourth-order valence-corrected chi connectivity index (χ4v) is 3.54. The van der Waals surface area contributed by atoms with E-state index >= 15 is 0 Å². The minimum Gasteiger partial charge on any atom is -0.337 e. The number of aryl methyl sites for hydroxylation is 1. The summed E-state index contributed by atoms with van der Waals surface area (Å²) in [4.78, 5) is 29.0. The van der Waals surface area contributed by atoms with Crippen molar-refractivity contribution in [1.82, 2.24) is 10.2 Å². The highest BCUT2D eigenvalue weighted by Gasteiger charge is 2.39. The van der Waals surface area contributed by atoms with Gasteiger partial charge in [0.15, 0.2) is 0 Å². The molecule has 0 radical (unpaired) electrons. The number of nitrogens with zero attached hydrogens (tertiary/aromatic N) is 2. The summed E-state index contributed by atoms with van der Waals surface area (Å²) in [6, 6.07) is 6.18. The van der Waals surface area contributed by atoms with Gasteiger partial charge in [-0.2, -0.15) is 0 Å². The predicted molar refractivity (Wildman–Crippen MR) is 97.7 cm³/mol. The van der Waals surface area contributed by atoms with Crippen molar-refractivity contribution in [2.45, 2.75) is 33.2 Å². The normalized spacial score (nSPS) is 24.0. The van der Waals surface area contributed by atoms with Gasteiger partial charge in [-0.25, -0.2) is 0 Å². The molecule has 2 heterocycles. The summed E-state index contributed by atoms with van der Waals surface area (Å²) >= 11 is 0. The molecule has 3 rings (SSSR count). The lowest BCUT2D eigenvalue weighted by Gasteiger charge is -2.35. The summed E-state index contributed by atoms with van der Waals surface area (Å²) in [7, 11) is 0. The Balaban J connectivity index is 0.00000208. The molecule has 2 aliphatic heterocycles. The number of nitrogens with one attached hydrogen (secondary N) is 1. The van der Waals surface area contributed by atoms with Crippen molar-refractivity contribution in [3.05, 3.63) is 29.3 Å². The number of rotatable bonds is 2. The summed E-state index contributed by atoms with van der Waals surface area (Å²) in [6.45, 7) is 9.02. The Morgan fingerprint density at radius 1 is 1.29 bits per heavy atom. The molecule has 6 heteroatoms. The second-order valence-corrected chi connectivity index (χ2v) is 6.71. The molecule has 1 N–H and O–H groups in total. The molecule has 0 aromatic heterocycles. The van der Waals surface area contributed by atoms with Gasteiger partial charge in [0.1, 0.15) is 0 Å². The van der Waals surface area contributed by atoms with E-state index in [0.29, 0.717) is 13.0 Å². The van der Waals surface area contributed by atoms with Crippen molar-refractivity contribution < 1.29 is 9.59 Å². The molecule has 2 aliphatic rings. The average Bonchev–Trinajstić information content (AvgIpc) is 2.92. The maximum Gasteiger partial charge on any atom is 0.228 e. The summed E-state index contributed by atoms with van der Waals surface area (Å²) in [5.74, 6) is -0.0389. The van der Waals surface area contributed by atoms with Crippen LogP contribution in [0.3, 0.4) is 0 Å². The zero-order valence-corrected chi connectivity index (χ0v) is 15.4. The number of piperazine rings is 1. The smallest absolute Gasteiger partial charge is 0.228 e. The van der Waals surface area contributed by atoms with Crippen molar-refractivity contribution >= 4 is 29.9 Å². The second-order valence-electron chi connectivity index (χ2n) is 6.71. The van der Waals surface area contributed by atoms with Crippen molar-refractivity contribution in [2.24, 2.45) is 5.92 Å². The molecule has 1 unspecified atom stereocenters. The van der Waals surface area contributed by atoms with E-state index < -0.39 is 0 Å². The van der Waals surface area contributed by atoms with Gasteiger partial charge in [0.25, 0.3) is 0 Å². The third kappa shape index (κ3) is 3.42. The van der Waals surface area contributed by atoms with E-state index in [1.165, 1.54) is 5.56 Å². The van der Waals surface area contributed by atoms with E-state index in [1.54, 1.807) is 4.90 Å². The van der Waals surface area contributed by atoms with Crippen LogP contribution in [0.25, 0.3) is 0 Å². The number of carbonyl (C=O) groups is 2. The minimum atomic E-state index is -0.219. The lowest BCUT2D eigenvalue weighted by molar-refractivity contribution is -0.138. The van der Waals surface area contributed by atoms with Gasteiger partial charge in [-0.3, -0.25) is 9.59 Å². The SMILES string of the molecule is Cc1cccc(N2CC(C(=O)N3CCNC[C@@H]3C)CC2=O)c1C.Cl. The van der Waals surface area contributed by atoms with Crippen LogP contribution in [-0.4, -0.2) is 48.9 Å². The summed E-state index contributed by atoms with van der Waals surface area (Å²) < 4.78 is 0. The van der Waals surface area contributed by atoms with Crippen molar-refractivity contribution in [3.8, 4) is 0 Å². The highest BCUT2D eigenvalue weighted by Crippen LogP contribution is 2.30. The fourth-order valence-electron chi connectivity index (χ4n) is 3.54. The fraction of sp³-hybridized carbons (Fsp3) is 0.556. The van der Waals surface area contributed by atoms with E-state index in [-0.39, 0.29) is 36.2 Å². The Labute approximate surface area is 149 Å². The zero-order valence-electron chi connectivity index (χ0n) is 14.5. The Kier molecular flexibility index (Phi) is 5.88. The van der Waals surface area contributed by atoms with E-state index in [4.69, 9.17) is 0 Å². The van der Waals surface area contributed by atoms with E-state index in [0.717, 1.165) is 30.9 Å². The Morgan fingerprint density at radius 3 is 2.75 bits per heavy atom. The van der Waals surface area contributed by atoms with Crippen LogP contribution in [0.5, 0.6) is 0 Å². The number of carbonyl (C=O) groups excluding carboxylic acids is 2. The molecule has 1 aromatic rings. The first kappa shape index (κ1) is 18.7. The minimum absolute atomic E-state index is 0. The van der Waals surface area contributed by atoms with Crippen LogP contribution >= 0.6 is 12.4 Å². The molecule has 0 aliphatic carbocycles. The number of halogens is 1. The highest BCUT2D eigenvalue weighted by molar-refractivity contribution is 6.01. The molecule has 2 amide bonds. The quantitative estimate of drug-likeness (QED) is 0.885. The second kappa shape index (κ2) is 7.53. The first-order valence-electron chi connectivity index (χ1n) is 8.37. The van der Waals surface area contributed by atoms with Crippen LogP contribution in [-0.2, 0) is 9.59 Å². The molecule has 132 valence electrons. The first-order chi connectivity index (χ1) is 11.0. The van der Waals surface area contributed by atoms with Crippen molar-refractivity contribution in [1.29, 1.82) is 0 Å². The van der Waals surface area contributed by atoms with Crippen LogP contribution in [0.1, 0.15) is 24.5 Å². The van der Waals surface area contributed by atoms with Crippen LogP contribution in [0, 0.1) is 19.8 Å². The standard InChI is InChI=1S/C18H25N3O2.ClH/c1-12-5-4-6-16(14(12)3)21-11-15(9-17(21)22)18(23)20-8-7-19-10-13(20)2;/h4-6,13,15,19H,7-11H2,1-3H3;1H/t13-,15?;/m0./s1. The third-order valence-corrected chi connectivity index (χ3v) is 5.13. The summed E-state index contributed by atoms with van der Waals surface area (Å²) in [5.41, 5.74) is 3.23. The number of anilines is 1. The Morgan fingerprint density at radius 2 is 2.04 bits per heavy atom. The molecule has 2 saturated heterocycles. The molecule has 1 aromatic carbocycles. The van der Waals surface area contributed by atoms with E-state index in [1.807, 2.05) is 36.9 Å². The van der Waals surface area contributed by atoms with Crippen LogP contribution in [0.4, 0.5) is 5.69 Å². The Bertz CT molecular complexity index is 635. The number of benzene rings is 1. The van der Waals surface area contributed by atoms with Gasteiger partial charge in [-0.15, -0.1) is 12.4 Å². The van der Waals surface area contributed by atoms with Crippen LogP contribution in [0.2, 0.25) is 0 Å². The number of hydrogen-bond donors (Lipinski definition) is 1. The largest absolute Gasteiger partial charge is 0.337 e. The third-order valence-electron chi connectivity index (χ3n) is 5.13. The maximum atomic E-state index is 12.8. The summed E-state index contributed by atoms with van der Waals surface area (Å²) in [6.07, 6.45) is 0.322. The van der Waals surface area contributed by atoms with Crippen LogP contribution in [0.15, 0.2) is 18.2 Å². The molecule has 0 saturated carbocycles. The predicted octanol–water partition coefficient (Wildman–Crippen LogP) is 1.90. The lowest BCUT2D eigenvalue weighted by atomic mass is 10.0. The monoisotopic (exact) mass is 351 g/mol. The van der Waals surface area contributed by atoms with Gasteiger partial charge in [0, 0.05) is 44.3 Å². The van der Waals surface area contributed by atoms with Crippen LogP contribution < -0.4 is 10.2 Å². The number of amides is 2. The molecule has 24 heavy (non-hydrogen) atoms. The molecule has 0 bridgehead atoms.